The number of anilines is 3. The van der Waals surface area contributed by atoms with Crippen LogP contribution in [0.3, 0.4) is 0 Å². The normalized spacial score (nSPS) is 17.5. The van der Waals surface area contributed by atoms with Gasteiger partial charge in [0.1, 0.15) is 24.0 Å². The largest absolute Gasteiger partial charge is 0.480 e. The minimum atomic E-state index is -0.797. The molecule has 0 radical (unpaired) electrons. The van der Waals surface area contributed by atoms with E-state index in [1.807, 2.05) is 53.2 Å². The number of carboxylic acids is 1. The molecule has 1 aliphatic heterocycles. The zero-order valence-corrected chi connectivity index (χ0v) is 12.4. The zero-order valence-electron chi connectivity index (χ0n) is 12.4. The monoisotopic (exact) mass is 298 g/mol. The van der Waals surface area contributed by atoms with E-state index in [4.69, 9.17) is 0 Å². The number of nitrogens with zero attached hydrogens (tertiary/aromatic N) is 4. The summed E-state index contributed by atoms with van der Waals surface area (Å²) in [4.78, 5) is 23.7. The Kier molecular flexibility index (Phi) is 3.91. The molecule has 22 heavy (non-hydrogen) atoms. The van der Waals surface area contributed by atoms with Crippen LogP contribution in [0.25, 0.3) is 0 Å². The van der Waals surface area contributed by atoms with Crippen LogP contribution in [0, 0.1) is 0 Å². The number of carboxylic acid groups (broad SMARTS) is 1. The summed E-state index contributed by atoms with van der Waals surface area (Å²) in [6.07, 6.45) is 3.01. The lowest BCUT2D eigenvalue weighted by Crippen LogP contribution is -2.36. The van der Waals surface area contributed by atoms with Gasteiger partial charge in [0.25, 0.3) is 0 Å². The molecular formula is C16H18N4O2. The number of para-hydroxylation sites is 1. The highest BCUT2D eigenvalue weighted by molar-refractivity contribution is 5.78. The number of benzene rings is 1. The molecule has 0 bridgehead atoms. The van der Waals surface area contributed by atoms with Gasteiger partial charge in [0, 0.05) is 25.3 Å². The Morgan fingerprint density at radius 1 is 1.32 bits per heavy atom. The van der Waals surface area contributed by atoms with Crippen LogP contribution in [0.2, 0.25) is 0 Å². The Hall–Kier alpha value is -2.63. The molecule has 1 aromatic heterocycles. The van der Waals surface area contributed by atoms with Crippen molar-refractivity contribution >= 4 is 23.3 Å². The van der Waals surface area contributed by atoms with Gasteiger partial charge < -0.3 is 14.9 Å². The van der Waals surface area contributed by atoms with E-state index in [2.05, 4.69) is 9.97 Å². The van der Waals surface area contributed by atoms with Gasteiger partial charge in [0.15, 0.2) is 0 Å². The maximum Gasteiger partial charge on any atom is 0.326 e. The third-order valence-electron chi connectivity index (χ3n) is 3.96. The average molecular weight is 298 g/mol. The SMILES string of the molecule is CN(c1ccccc1)c1cc(N2CCC[C@H]2C(=O)O)ncn1. The van der Waals surface area contributed by atoms with Crippen LogP contribution in [0.4, 0.5) is 17.3 Å². The third-order valence-corrected chi connectivity index (χ3v) is 3.96. The smallest absolute Gasteiger partial charge is 0.326 e. The first-order valence-corrected chi connectivity index (χ1v) is 7.27. The van der Waals surface area contributed by atoms with Crippen LogP contribution in [-0.2, 0) is 4.79 Å². The quantitative estimate of drug-likeness (QED) is 0.934. The zero-order chi connectivity index (χ0) is 15.5. The second-order valence-corrected chi connectivity index (χ2v) is 5.32. The van der Waals surface area contributed by atoms with Crippen molar-refractivity contribution < 1.29 is 9.90 Å². The van der Waals surface area contributed by atoms with E-state index >= 15 is 0 Å². The molecule has 3 rings (SSSR count). The van der Waals surface area contributed by atoms with Gasteiger partial charge in [0.05, 0.1) is 0 Å². The lowest BCUT2D eigenvalue weighted by atomic mass is 10.2. The van der Waals surface area contributed by atoms with Gasteiger partial charge in [-0.2, -0.15) is 0 Å². The molecule has 0 spiro atoms. The molecule has 6 nitrogen and oxygen atoms in total. The molecule has 6 heteroatoms. The number of hydrogen-bond donors (Lipinski definition) is 1. The minimum Gasteiger partial charge on any atom is -0.480 e. The van der Waals surface area contributed by atoms with Crippen LogP contribution < -0.4 is 9.80 Å². The van der Waals surface area contributed by atoms with E-state index in [1.165, 1.54) is 6.33 Å². The first-order chi connectivity index (χ1) is 10.7. The first kappa shape index (κ1) is 14.3. The number of aromatic nitrogens is 2. The molecule has 0 unspecified atom stereocenters. The average Bonchev–Trinajstić information content (AvgIpc) is 3.05. The van der Waals surface area contributed by atoms with Crippen LogP contribution in [0.1, 0.15) is 12.8 Å². The van der Waals surface area contributed by atoms with Crippen molar-refractivity contribution in [2.75, 3.05) is 23.4 Å². The minimum absolute atomic E-state index is 0.496. The molecule has 114 valence electrons. The van der Waals surface area contributed by atoms with Crippen molar-refractivity contribution in [1.29, 1.82) is 0 Å². The Morgan fingerprint density at radius 3 is 2.82 bits per heavy atom. The summed E-state index contributed by atoms with van der Waals surface area (Å²) in [6, 6.07) is 11.2. The topological polar surface area (TPSA) is 69.6 Å². The van der Waals surface area contributed by atoms with Crippen molar-refractivity contribution in [3.05, 3.63) is 42.7 Å². The number of rotatable bonds is 4. The van der Waals surface area contributed by atoms with E-state index in [-0.39, 0.29) is 0 Å². The molecule has 1 aliphatic rings. The fourth-order valence-corrected chi connectivity index (χ4v) is 2.76. The molecule has 2 aromatic rings. The van der Waals surface area contributed by atoms with Gasteiger partial charge in [-0.1, -0.05) is 18.2 Å². The van der Waals surface area contributed by atoms with Gasteiger partial charge in [-0.3, -0.25) is 0 Å². The molecule has 0 aliphatic carbocycles. The van der Waals surface area contributed by atoms with Crippen LogP contribution in [-0.4, -0.2) is 40.7 Å². The van der Waals surface area contributed by atoms with Crippen molar-refractivity contribution in [2.24, 2.45) is 0 Å². The van der Waals surface area contributed by atoms with Gasteiger partial charge in [-0.05, 0) is 25.0 Å². The highest BCUT2D eigenvalue weighted by atomic mass is 16.4. The van der Waals surface area contributed by atoms with Crippen LogP contribution >= 0.6 is 0 Å². The predicted octanol–water partition coefficient (Wildman–Crippen LogP) is 2.30. The van der Waals surface area contributed by atoms with E-state index in [0.29, 0.717) is 18.8 Å². The Labute approximate surface area is 129 Å². The Bertz CT molecular complexity index is 662. The lowest BCUT2D eigenvalue weighted by Gasteiger charge is -2.24. The summed E-state index contributed by atoms with van der Waals surface area (Å²) in [5, 5.41) is 9.31. The number of aliphatic carboxylic acids is 1. The molecule has 1 fully saturated rings. The van der Waals surface area contributed by atoms with Crippen LogP contribution in [0.5, 0.6) is 0 Å². The van der Waals surface area contributed by atoms with E-state index < -0.39 is 12.0 Å². The lowest BCUT2D eigenvalue weighted by molar-refractivity contribution is -0.138. The Balaban J connectivity index is 1.88. The molecule has 0 amide bonds. The molecule has 1 aromatic carbocycles. The number of carbonyl (C=O) groups is 1. The van der Waals surface area contributed by atoms with Crippen molar-refractivity contribution in [3.63, 3.8) is 0 Å². The fraction of sp³-hybridized carbons (Fsp3) is 0.312. The second-order valence-electron chi connectivity index (χ2n) is 5.32. The standard InChI is InChI=1S/C16H18N4O2/c1-19(12-6-3-2-4-7-12)14-10-15(18-11-17-14)20-9-5-8-13(20)16(21)22/h2-4,6-7,10-11,13H,5,8-9H2,1H3,(H,21,22)/t13-/m0/s1. The van der Waals surface area contributed by atoms with Crippen molar-refractivity contribution in [3.8, 4) is 0 Å². The maximum absolute atomic E-state index is 11.3. The van der Waals surface area contributed by atoms with E-state index in [9.17, 15) is 9.90 Å². The third kappa shape index (κ3) is 2.72. The van der Waals surface area contributed by atoms with Gasteiger partial charge >= 0.3 is 5.97 Å². The summed E-state index contributed by atoms with van der Waals surface area (Å²) in [5.74, 6) is 0.610. The summed E-state index contributed by atoms with van der Waals surface area (Å²) < 4.78 is 0. The molecular weight excluding hydrogens is 280 g/mol. The van der Waals surface area contributed by atoms with Crippen molar-refractivity contribution in [1.82, 2.24) is 9.97 Å². The van der Waals surface area contributed by atoms with Crippen LogP contribution in [0.15, 0.2) is 42.7 Å². The van der Waals surface area contributed by atoms with E-state index in [1.54, 1.807) is 0 Å². The Morgan fingerprint density at radius 2 is 2.09 bits per heavy atom. The van der Waals surface area contributed by atoms with Gasteiger partial charge in [-0.25, -0.2) is 14.8 Å². The summed E-state index contributed by atoms with van der Waals surface area (Å²) in [5.41, 5.74) is 1.02. The highest BCUT2D eigenvalue weighted by Gasteiger charge is 2.31. The van der Waals surface area contributed by atoms with Gasteiger partial charge in [-0.15, -0.1) is 0 Å². The molecule has 2 heterocycles. The van der Waals surface area contributed by atoms with Gasteiger partial charge in [0.2, 0.25) is 0 Å². The molecule has 1 saturated heterocycles. The fourth-order valence-electron chi connectivity index (χ4n) is 2.76. The summed E-state index contributed by atoms with van der Waals surface area (Å²) in [7, 11) is 1.93. The predicted molar refractivity (Wildman–Crippen MR) is 84.5 cm³/mol. The second kappa shape index (κ2) is 6.01. The number of hydrogen-bond acceptors (Lipinski definition) is 5. The maximum atomic E-state index is 11.3. The first-order valence-electron chi connectivity index (χ1n) is 7.27. The summed E-state index contributed by atoms with van der Waals surface area (Å²) in [6.45, 7) is 0.711. The molecule has 0 saturated carbocycles. The highest BCUT2D eigenvalue weighted by Crippen LogP contribution is 2.28. The summed E-state index contributed by atoms with van der Waals surface area (Å²) >= 11 is 0. The van der Waals surface area contributed by atoms with E-state index in [0.717, 1.165) is 17.9 Å². The molecule has 1 atom stereocenters. The van der Waals surface area contributed by atoms with Crippen molar-refractivity contribution in [2.45, 2.75) is 18.9 Å². The molecule has 1 N–H and O–H groups in total.